The maximum Gasteiger partial charge on any atom is 0.309 e. The summed E-state index contributed by atoms with van der Waals surface area (Å²) in [5.41, 5.74) is 0.747. The standard InChI is InChI=1S/C16H20FNO3/c1-3-21-16(20)12-7-9-18(10-8-12)15-13(11(2)19)5-4-6-14(15)17/h4-6,12H,3,7-10H2,1-2H3. The Hall–Kier alpha value is -1.91. The van der Waals surface area contributed by atoms with E-state index in [0.717, 1.165) is 0 Å². The minimum absolute atomic E-state index is 0.131. The van der Waals surface area contributed by atoms with Crippen LogP contribution in [0.4, 0.5) is 10.1 Å². The number of benzene rings is 1. The lowest BCUT2D eigenvalue weighted by Crippen LogP contribution is -2.38. The van der Waals surface area contributed by atoms with Crippen molar-refractivity contribution in [3.63, 3.8) is 0 Å². The normalized spacial score (nSPS) is 15.9. The smallest absolute Gasteiger partial charge is 0.309 e. The number of para-hydroxylation sites is 1. The van der Waals surface area contributed by atoms with Gasteiger partial charge in [0.05, 0.1) is 18.2 Å². The van der Waals surface area contributed by atoms with E-state index >= 15 is 0 Å². The third-order valence-corrected chi connectivity index (χ3v) is 3.80. The lowest BCUT2D eigenvalue weighted by molar-refractivity contribution is -0.148. The molecule has 0 aliphatic carbocycles. The lowest BCUT2D eigenvalue weighted by atomic mass is 9.95. The van der Waals surface area contributed by atoms with Crippen LogP contribution in [0.1, 0.15) is 37.0 Å². The predicted octanol–water partition coefficient (Wildman–Crippen LogP) is 2.81. The molecular formula is C16H20FNO3. The van der Waals surface area contributed by atoms with E-state index in [2.05, 4.69) is 0 Å². The molecule has 0 saturated carbocycles. The van der Waals surface area contributed by atoms with Gasteiger partial charge in [0.25, 0.3) is 0 Å². The molecule has 1 saturated heterocycles. The van der Waals surface area contributed by atoms with Gasteiger partial charge < -0.3 is 9.64 Å². The Labute approximate surface area is 123 Å². The van der Waals surface area contributed by atoms with Gasteiger partial charge in [-0.15, -0.1) is 0 Å². The number of ketones is 1. The van der Waals surface area contributed by atoms with E-state index in [4.69, 9.17) is 4.74 Å². The lowest BCUT2D eigenvalue weighted by Gasteiger charge is -2.33. The second-order valence-corrected chi connectivity index (χ2v) is 5.21. The summed E-state index contributed by atoms with van der Waals surface area (Å²) in [4.78, 5) is 25.2. The third-order valence-electron chi connectivity index (χ3n) is 3.80. The fourth-order valence-electron chi connectivity index (χ4n) is 2.72. The van der Waals surface area contributed by atoms with Gasteiger partial charge in [-0.3, -0.25) is 9.59 Å². The average molecular weight is 293 g/mol. The quantitative estimate of drug-likeness (QED) is 0.632. The minimum Gasteiger partial charge on any atom is -0.466 e. The van der Waals surface area contributed by atoms with Gasteiger partial charge in [-0.05, 0) is 38.8 Å². The Morgan fingerprint density at radius 1 is 1.33 bits per heavy atom. The van der Waals surface area contributed by atoms with Crippen molar-refractivity contribution in [1.29, 1.82) is 0 Å². The molecule has 5 heteroatoms. The van der Waals surface area contributed by atoms with E-state index in [9.17, 15) is 14.0 Å². The van der Waals surface area contributed by atoms with Crippen LogP contribution in [-0.2, 0) is 9.53 Å². The zero-order valence-electron chi connectivity index (χ0n) is 12.4. The first-order valence-corrected chi connectivity index (χ1v) is 7.25. The first-order chi connectivity index (χ1) is 10.0. The molecule has 4 nitrogen and oxygen atoms in total. The maximum absolute atomic E-state index is 14.1. The van der Waals surface area contributed by atoms with Crippen LogP contribution >= 0.6 is 0 Å². The number of halogens is 1. The molecule has 21 heavy (non-hydrogen) atoms. The number of anilines is 1. The zero-order valence-corrected chi connectivity index (χ0v) is 12.4. The molecule has 0 N–H and O–H groups in total. The molecule has 1 fully saturated rings. The molecule has 1 aliphatic heterocycles. The van der Waals surface area contributed by atoms with E-state index in [1.165, 1.54) is 13.0 Å². The highest BCUT2D eigenvalue weighted by Crippen LogP contribution is 2.29. The molecule has 0 amide bonds. The fourth-order valence-corrected chi connectivity index (χ4v) is 2.72. The molecule has 114 valence electrons. The number of hydrogen-bond donors (Lipinski definition) is 0. The summed E-state index contributed by atoms with van der Waals surface area (Å²) >= 11 is 0. The first kappa shape index (κ1) is 15.5. The molecule has 0 radical (unpaired) electrons. The number of Topliss-reactive ketones (excluding diaryl/α,β-unsaturated/α-hetero) is 1. The zero-order chi connectivity index (χ0) is 15.4. The molecule has 0 unspecified atom stereocenters. The monoisotopic (exact) mass is 293 g/mol. The summed E-state index contributed by atoms with van der Waals surface area (Å²) in [5, 5.41) is 0. The molecule has 0 atom stereocenters. The summed E-state index contributed by atoms with van der Waals surface area (Å²) in [6, 6.07) is 4.54. The molecule has 1 aromatic carbocycles. The molecule has 2 rings (SSSR count). The van der Waals surface area contributed by atoms with Crippen LogP contribution in [-0.4, -0.2) is 31.4 Å². The molecular weight excluding hydrogens is 273 g/mol. The maximum atomic E-state index is 14.1. The van der Waals surface area contributed by atoms with Gasteiger partial charge in [-0.25, -0.2) is 4.39 Å². The minimum atomic E-state index is -0.391. The van der Waals surface area contributed by atoms with Crippen LogP contribution in [0.3, 0.4) is 0 Å². The van der Waals surface area contributed by atoms with Crippen molar-refractivity contribution in [1.82, 2.24) is 0 Å². The largest absolute Gasteiger partial charge is 0.466 e. The molecule has 1 heterocycles. The Kier molecular flexibility index (Phi) is 4.94. The highest BCUT2D eigenvalue weighted by atomic mass is 19.1. The summed E-state index contributed by atoms with van der Waals surface area (Å²) in [7, 11) is 0. The van der Waals surface area contributed by atoms with Gasteiger partial charge in [0.1, 0.15) is 5.82 Å². The molecule has 0 aromatic heterocycles. The summed E-state index contributed by atoms with van der Waals surface area (Å²) < 4.78 is 19.1. The van der Waals surface area contributed by atoms with Crippen LogP contribution < -0.4 is 4.90 Å². The predicted molar refractivity (Wildman–Crippen MR) is 78.0 cm³/mol. The van der Waals surface area contributed by atoms with E-state index < -0.39 is 5.82 Å². The highest BCUT2D eigenvalue weighted by Gasteiger charge is 2.28. The van der Waals surface area contributed by atoms with Gasteiger partial charge in [-0.2, -0.15) is 0 Å². The van der Waals surface area contributed by atoms with E-state index in [0.29, 0.717) is 43.8 Å². The van der Waals surface area contributed by atoms with Crippen LogP contribution in [0, 0.1) is 11.7 Å². The van der Waals surface area contributed by atoms with Crippen LogP contribution in [0.25, 0.3) is 0 Å². The molecule has 0 bridgehead atoms. The van der Waals surface area contributed by atoms with Crippen LogP contribution in [0.15, 0.2) is 18.2 Å². The Morgan fingerprint density at radius 3 is 2.57 bits per heavy atom. The SMILES string of the molecule is CCOC(=O)C1CCN(c2c(F)cccc2C(C)=O)CC1. The van der Waals surface area contributed by atoms with Gasteiger partial charge in [0.15, 0.2) is 5.78 Å². The van der Waals surface area contributed by atoms with Crippen LogP contribution in [0.5, 0.6) is 0 Å². The van der Waals surface area contributed by atoms with Gasteiger partial charge in [-0.1, -0.05) is 6.07 Å². The number of rotatable bonds is 4. The van der Waals surface area contributed by atoms with Crippen LogP contribution in [0.2, 0.25) is 0 Å². The van der Waals surface area contributed by atoms with Gasteiger partial charge in [0, 0.05) is 18.7 Å². The van der Waals surface area contributed by atoms with Crippen molar-refractivity contribution in [3.8, 4) is 0 Å². The van der Waals surface area contributed by atoms with Crippen molar-refractivity contribution < 1.29 is 18.7 Å². The Bertz CT molecular complexity index is 536. The Morgan fingerprint density at radius 2 is 2.00 bits per heavy atom. The van der Waals surface area contributed by atoms with Crippen molar-refractivity contribution in [2.75, 3.05) is 24.6 Å². The van der Waals surface area contributed by atoms with E-state index in [1.807, 2.05) is 4.90 Å². The summed E-state index contributed by atoms with van der Waals surface area (Å²) in [6.07, 6.45) is 1.23. The van der Waals surface area contributed by atoms with E-state index in [-0.39, 0.29) is 17.7 Å². The fraction of sp³-hybridized carbons (Fsp3) is 0.500. The molecule has 1 aromatic rings. The number of ether oxygens (including phenoxy) is 1. The molecule has 0 spiro atoms. The number of nitrogens with zero attached hydrogens (tertiary/aromatic N) is 1. The number of carbonyl (C=O) groups excluding carboxylic acids is 2. The summed E-state index contributed by atoms with van der Waals surface area (Å²) in [6.45, 7) is 4.69. The number of esters is 1. The topological polar surface area (TPSA) is 46.6 Å². The second kappa shape index (κ2) is 6.70. The first-order valence-electron chi connectivity index (χ1n) is 7.25. The summed E-state index contributed by atoms with van der Waals surface area (Å²) in [5.74, 6) is -0.861. The van der Waals surface area contributed by atoms with Crippen molar-refractivity contribution in [3.05, 3.63) is 29.6 Å². The number of piperidine rings is 1. The van der Waals surface area contributed by atoms with Crippen molar-refractivity contribution >= 4 is 17.4 Å². The second-order valence-electron chi connectivity index (χ2n) is 5.21. The number of hydrogen-bond acceptors (Lipinski definition) is 4. The average Bonchev–Trinajstić information content (AvgIpc) is 2.47. The Balaban J connectivity index is 2.13. The van der Waals surface area contributed by atoms with Crippen molar-refractivity contribution in [2.45, 2.75) is 26.7 Å². The molecule has 1 aliphatic rings. The van der Waals surface area contributed by atoms with Gasteiger partial charge >= 0.3 is 5.97 Å². The van der Waals surface area contributed by atoms with E-state index in [1.54, 1.807) is 19.1 Å². The van der Waals surface area contributed by atoms with Gasteiger partial charge in [0.2, 0.25) is 0 Å². The third kappa shape index (κ3) is 3.40. The number of carbonyl (C=O) groups is 2. The highest BCUT2D eigenvalue weighted by molar-refractivity contribution is 5.99. The van der Waals surface area contributed by atoms with Crippen molar-refractivity contribution in [2.24, 2.45) is 5.92 Å².